The molecule has 2 amide bonds. The Hall–Kier alpha value is -3.32. The highest BCUT2D eigenvalue weighted by Gasteiger charge is 2.16. The fraction of sp³-hybridized carbons (Fsp3) is 0.190. The average molecular weight is 414 g/mol. The summed E-state index contributed by atoms with van der Waals surface area (Å²) in [5, 5.41) is 9.48. The third-order valence-electron chi connectivity index (χ3n) is 4.38. The van der Waals surface area contributed by atoms with Crippen molar-refractivity contribution in [1.82, 2.24) is 10.5 Å². The minimum atomic E-state index is -0.371. The summed E-state index contributed by atoms with van der Waals surface area (Å²) < 4.78 is 11.0. The molecule has 0 radical (unpaired) electrons. The number of aromatic nitrogens is 1. The number of ether oxygens (including phenoxy) is 1. The van der Waals surface area contributed by atoms with Crippen LogP contribution >= 0.6 is 11.6 Å². The Morgan fingerprint density at radius 2 is 1.86 bits per heavy atom. The lowest BCUT2D eigenvalue weighted by Crippen LogP contribution is -2.19. The molecular formula is C21H20ClN3O4. The molecule has 0 aliphatic heterocycles. The second-order valence-electron chi connectivity index (χ2n) is 6.32. The first-order valence-electron chi connectivity index (χ1n) is 8.87. The van der Waals surface area contributed by atoms with Crippen LogP contribution in [0.4, 0.5) is 5.69 Å². The first-order chi connectivity index (χ1) is 13.9. The Bertz CT molecular complexity index is 1040. The summed E-state index contributed by atoms with van der Waals surface area (Å²) in [5.41, 5.74) is 2.66. The number of anilines is 1. The van der Waals surface area contributed by atoms with Gasteiger partial charge < -0.3 is 19.9 Å². The third kappa shape index (κ3) is 4.57. The van der Waals surface area contributed by atoms with Gasteiger partial charge in [-0.15, -0.1) is 0 Å². The van der Waals surface area contributed by atoms with Gasteiger partial charge in [0.2, 0.25) is 0 Å². The number of amides is 2. The van der Waals surface area contributed by atoms with Gasteiger partial charge in [-0.2, -0.15) is 0 Å². The number of carbonyl (C=O) groups excluding carboxylic acids is 2. The highest BCUT2D eigenvalue weighted by molar-refractivity contribution is 6.34. The molecule has 0 atom stereocenters. The van der Waals surface area contributed by atoms with Crippen molar-refractivity contribution in [3.05, 3.63) is 75.6 Å². The number of nitrogens with zero attached hydrogens (tertiary/aromatic N) is 1. The summed E-state index contributed by atoms with van der Waals surface area (Å²) in [6.45, 7) is 3.87. The molecule has 0 aliphatic carbocycles. The lowest BCUT2D eigenvalue weighted by Gasteiger charge is -2.12. The van der Waals surface area contributed by atoms with Crippen LogP contribution in [-0.2, 0) is 6.61 Å². The topological polar surface area (TPSA) is 93.5 Å². The third-order valence-corrected chi connectivity index (χ3v) is 4.71. The van der Waals surface area contributed by atoms with Crippen LogP contribution in [0.1, 0.15) is 37.7 Å². The van der Waals surface area contributed by atoms with Crippen LogP contribution in [0, 0.1) is 13.8 Å². The molecule has 150 valence electrons. The first kappa shape index (κ1) is 20.4. The van der Waals surface area contributed by atoms with Crippen LogP contribution in [0.15, 0.2) is 47.0 Å². The molecule has 0 aliphatic rings. The molecule has 2 N–H and O–H groups in total. The number of rotatable bonds is 6. The van der Waals surface area contributed by atoms with Crippen LogP contribution in [0.2, 0.25) is 5.02 Å². The quantitative estimate of drug-likeness (QED) is 0.633. The van der Waals surface area contributed by atoms with Gasteiger partial charge in [0.15, 0.2) is 0 Å². The summed E-state index contributed by atoms with van der Waals surface area (Å²) in [6, 6.07) is 11.6. The second-order valence-corrected chi connectivity index (χ2v) is 6.72. The fourth-order valence-corrected chi connectivity index (χ4v) is 2.95. The van der Waals surface area contributed by atoms with Crippen LogP contribution < -0.4 is 15.4 Å². The molecule has 0 saturated heterocycles. The van der Waals surface area contributed by atoms with Crippen molar-refractivity contribution in [2.24, 2.45) is 0 Å². The number of nitrogens with one attached hydrogen (secondary N) is 2. The summed E-state index contributed by atoms with van der Waals surface area (Å²) >= 11 is 6.06. The second kappa shape index (κ2) is 8.79. The Balaban J connectivity index is 1.79. The van der Waals surface area contributed by atoms with E-state index < -0.39 is 0 Å². The minimum Gasteiger partial charge on any atom is -0.488 e. The summed E-state index contributed by atoms with van der Waals surface area (Å²) in [7, 11) is 1.51. The molecule has 3 rings (SSSR count). The molecule has 0 fully saturated rings. The van der Waals surface area contributed by atoms with Gasteiger partial charge in [-0.3, -0.25) is 9.59 Å². The fourth-order valence-electron chi connectivity index (χ4n) is 2.75. The van der Waals surface area contributed by atoms with Gasteiger partial charge >= 0.3 is 0 Å². The van der Waals surface area contributed by atoms with Gasteiger partial charge in [0.05, 0.1) is 27.4 Å². The van der Waals surface area contributed by atoms with Crippen molar-refractivity contribution in [2.75, 3.05) is 12.4 Å². The maximum atomic E-state index is 12.8. The van der Waals surface area contributed by atoms with Gasteiger partial charge in [-0.1, -0.05) is 28.9 Å². The number of hydrogen-bond acceptors (Lipinski definition) is 5. The van der Waals surface area contributed by atoms with Crippen LogP contribution in [0.3, 0.4) is 0 Å². The zero-order valence-electron chi connectivity index (χ0n) is 16.2. The van der Waals surface area contributed by atoms with Crippen molar-refractivity contribution in [1.29, 1.82) is 0 Å². The van der Waals surface area contributed by atoms with E-state index in [1.807, 2.05) is 13.8 Å². The average Bonchev–Trinajstić information content (AvgIpc) is 3.04. The van der Waals surface area contributed by atoms with Crippen molar-refractivity contribution in [3.8, 4) is 5.75 Å². The van der Waals surface area contributed by atoms with Gasteiger partial charge in [0, 0.05) is 12.7 Å². The Morgan fingerprint density at radius 1 is 1.10 bits per heavy atom. The molecule has 8 heteroatoms. The van der Waals surface area contributed by atoms with E-state index in [9.17, 15) is 9.59 Å². The van der Waals surface area contributed by atoms with E-state index in [0.29, 0.717) is 27.8 Å². The molecule has 1 heterocycles. The highest BCUT2D eigenvalue weighted by atomic mass is 35.5. The smallest absolute Gasteiger partial charge is 0.259 e. The maximum absolute atomic E-state index is 12.8. The standard InChI is InChI=1S/C21H20ClN3O4/c1-12-17(13(2)29-25-12)11-28-19-7-5-4-6-15(19)21(27)24-14-8-9-18(22)16(10-14)20(26)23-3/h4-10H,11H2,1-3H3,(H,23,26)(H,24,27). The zero-order valence-corrected chi connectivity index (χ0v) is 17.0. The predicted molar refractivity (Wildman–Crippen MR) is 110 cm³/mol. The lowest BCUT2D eigenvalue weighted by atomic mass is 10.1. The molecule has 29 heavy (non-hydrogen) atoms. The van der Waals surface area contributed by atoms with Crippen LogP contribution in [0.5, 0.6) is 5.75 Å². The highest BCUT2D eigenvalue weighted by Crippen LogP contribution is 2.24. The molecule has 0 spiro atoms. The Morgan fingerprint density at radius 3 is 2.55 bits per heavy atom. The number of halogens is 1. The Kier molecular flexibility index (Phi) is 6.19. The molecule has 0 bridgehead atoms. The van der Waals surface area contributed by atoms with Crippen molar-refractivity contribution < 1.29 is 18.8 Å². The number of hydrogen-bond donors (Lipinski definition) is 2. The minimum absolute atomic E-state index is 0.229. The summed E-state index contributed by atoms with van der Waals surface area (Å²) in [6.07, 6.45) is 0. The van der Waals surface area contributed by atoms with E-state index in [-0.39, 0.29) is 24.0 Å². The molecule has 3 aromatic rings. The Labute approximate surface area is 173 Å². The summed E-state index contributed by atoms with van der Waals surface area (Å²) in [5.74, 6) is 0.386. The monoisotopic (exact) mass is 413 g/mol. The number of para-hydroxylation sites is 1. The van der Waals surface area contributed by atoms with Crippen molar-refractivity contribution in [3.63, 3.8) is 0 Å². The molecular weight excluding hydrogens is 394 g/mol. The van der Waals surface area contributed by atoms with E-state index in [4.69, 9.17) is 20.9 Å². The predicted octanol–water partition coefficient (Wildman–Crippen LogP) is 4.14. The van der Waals surface area contributed by atoms with E-state index in [2.05, 4.69) is 15.8 Å². The molecule has 0 unspecified atom stereocenters. The van der Waals surface area contributed by atoms with Gasteiger partial charge in [-0.05, 0) is 44.2 Å². The van der Waals surface area contributed by atoms with E-state index in [1.165, 1.54) is 13.1 Å². The number of carbonyl (C=O) groups is 2. The van der Waals surface area contributed by atoms with Gasteiger partial charge in [0.25, 0.3) is 11.8 Å². The normalized spacial score (nSPS) is 10.5. The van der Waals surface area contributed by atoms with Gasteiger partial charge in [0.1, 0.15) is 18.1 Å². The van der Waals surface area contributed by atoms with Crippen LogP contribution in [0.25, 0.3) is 0 Å². The zero-order chi connectivity index (χ0) is 21.0. The van der Waals surface area contributed by atoms with Gasteiger partial charge in [-0.25, -0.2) is 0 Å². The number of aryl methyl sites for hydroxylation is 2. The summed E-state index contributed by atoms with van der Waals surface area (Å²) in [4.78, 5) is 24.7. The molecule has 0 saturated carbocycles. The maximum Gasteiger partial charge on any atom is 0.259 e. The SMILES string of the molecule is CNC(=O)c1cc(NC(=O)c2ccccc2OCc2c(C)noc2C)ccc1Cl. The largest absolute Gasteiger partial charge is 0.488 e. The van der Waals surface area contributed by atoms with E-state index >= 15 is 0 Å². The van der Waals surface area contributed by atoms with E-state index in [1.54, 1.807) is 36.4 Å². The molecule has 2 aromatic carbocycles. The lowest BCUT2D eigenvalue weighted by molar-refractivity contribution is 0.0961. The molecule has 1 aromatic heterocycles. The number of benzene rings is 2. The molecule has 7 nitrogen and oxygen atoms in total. The van der Waals surface area contributed by atoms with Crippen molar-refractivity contribution in [2.45, 2.75) is 20.5 Å². The van der Waals surface area contributed by atoms with Crippen molar-refractivity contribution >= 4 is 29.1 Å². The van der Waals surface area contributed by atoms with E-state index in [0.717, 1.165) is 11.3 Å². The first-order valence-corrected chi connectivity index (χ1v) is 9.25. The van der Waals surface area contributed by atoms with Crippen LogP contribution in [-0.4, -0.2) is 24.0 Å².